The van der Waals surface area contributed by atoms with Crippen molar-refractivity contribution in [3.8, 4) is 0 Å². The van der Waals surface area contributed by atoms with Crippen LogP contribution in [-0.2, 0) is 0 Å². The Morgan fingerprint density at radius 3 is 0.756 bits per heavy atom. The first kappa shape index (κ1) is 74.1. The van der Waals surface area contributed by atoms with Gasteiger partial charge >= 0.3 is 173 Å². The van der Waals surface area contributed by atoms with Crippen molar-refractivity contribution in [1.29, 1.82) is 0 Å². The molecule has 0 radical (unpaired) electrons. The molecule has 0 saturated heterocycles. The smallest absolute Gasteiger partial charge is 0.332 e. The number of hydrogen-bond acceptors (Lipinski definition) is 0. The summed E-state index contributed by atoms with van der Waals surface area (Å²) in [5.41, 5.74) is 3.61. The van der Waals surface area contributed by atoms with Crippen molar-refractivity contribution >= 4 is 0 Å². The molecule has 0 spiro atoms. The summed E-state index contributed by atoms with van der Waals surface area (Å²) in [4.78, 5) is 0. The van der Waals surface area contributed by atoms with Crippen LogP contribution in [0.2, 0.25) is 0 Å². The fourth-order valence-electron chi connectivity index (χ4n) is 1.18. The standard InChI is InChI=1S/C8H9.C7H8.2C5H12.C4H10.3C4H9.3K.Li/c1-2-8-6-4-3-5-7-8;1-7-5-3-2-4-6-7;2*1-5(2,3)4;4*1-3-4-2;;;;/h2-7H,1H3;2-6H,1H3;2*1-4H3;3-4H2,1-2H3;3*3H,4H2,1-2H3;;;;/q-1;;;;;3*-1;4*+1. The second-order valence-corrected chi connectivity index (χ2v) is 12.8. The summed E-state index contributed by atoms with van der Waals surface area (Å²) in [5.74, 6) is 0. The van der Waals surface area contributed by atoms with E-state index in [0.29, 0.717) is 10.8 Å². The Hall–Kier alpha value is 3.82. The molecule has 0 amide bonds. The fourth-order valence-corrected chi connectivity index (χ4v) is 1.18. The van der Waals surface area contributed by atoms with Crippen LogP contribution in [0.15, 0.2) is 60.7 Å². The number of hydrogen-bond donors (Lipinski definition) is 0. The Morgan fingerprint density at radius 1 is 0.467 bits per heavy atom. The van der Waals surface area contributed by atoms with Crippen LogP contribution in [0.3, 0.4) is 0 Å². The molecular formula is C41H78K3Li. The molecule has 2 aromatic carbocycles. The van der Waals surface area contributed by atoms with E-state index in [0.717, 1.165) is 0 Å². The van der Waals surface area contributed by atoms with E-state index in [9.17, 15) is 0 Å². The van der Waals surface area contributed by atoms with E-state index in [1.807, 2.05) is 43.3 Å². The molecule has 0 bridgehead atoms. The summed E-state index contributed by atoms with van der Waals surface area (Å²) in [6.45, 7) is 38.5. The van der Waals surface area contributed by atoms with Crippen LogP contribution in [0, 0.1) is 43.4 Å². The minimum atomic E-state index is 0. The minimum Gasteiger partial charge on any atom is -0.332 e. The van der Waals surface area contributed by atoms with E-state index in [4.69, 9.17) is 0 Å². The largest absolute Gasteiger partial charge is 1.00 e. The normalized spacial score (nSPS) is 8.22. The predicted molar refractivity (Wildman–Crippen MR) is 198 cm³/mol. The van der Waals surface area contributed by atoms with Gasteiger partial charge in [0.2, 0.25) is 0 Å². The van der Waals surface area contributed by atoms with Crippen LogP contribution in [0.5, 0.6) is 0 Å². The van der Waals surface area contributed by atoms with Gasteiger partial charge in [-0.15, -0.1) is 12.1 Å². The van der Waals surface area contributed by atoms with Crippen LogP contribution in [0.1, 0.15) is 161 Å². The molecule has 0 unspecified atom stereocenters. The monoisotopic (exact) mass is 695 g/mol. The van der Waals surface area contributed by atoms with Gasteiger partial charge in [-0.1, -0.05) is 152 Å². The third-order valence-corrected chi connectivity index (χ3v) is 3.80. The maximum Gasteiger partial charge on any atom is 1.00 e. The Kier molecular flexibility index (Phi) is 104. The molecule has 0 heterocycles. The molecule has 2 aromatic rings. The van der Waals surface area contributed by atoms with Gasteiger partial charge in [-0.05, 0) is 17.8 Å². The van der Waals surface area contributed by atoms with Gasteiger partial charge in [0, 0.05) is 0 Å². The zero-order chi connectivity index (χ0) is 33.6. The molecule has 2 rings (SSSR count). The molecule has 0 N–H and O–H groups in total. The first-order valence-electron chi connectivity index (χ1n) is 16.2. The van der Waals surface area contributed by atoms with Gasteiger partial charge in [-0.3, -0.25) is 0 Å². The third kappa shape index (κ3) is 151. The van der Waals surface area contributed by atoms with Gasteiger partial charge in [0.25, 0.3) is 0 Å². The Balaban J connectivity index is -0.0000000391. The van der Waals surface area contributed by atoms with Gasteiger partial charge in [0.1, 0.15) is 0 Å². The average Bonchev–Trinajstić information content (AvgIpc) is 2.93. The fraction of sp³-hybridized carbons (Fsp3) is 0.610. The van der Waals surface area contributed by atoms with Gasteiger partial charge in [0.05, 0.1) is 0 Å². The van der Waals surface area contributed by atoms with Gasteiger partial charge < -0.3 is 19.3 Å². The van der Waals surface area contributed by atoms with Gasteiger partial charge in [0.15, 0.2) is 0 Å². The van der Waals surface area contributed by atoms with E-state index in [-0.39, 0.29) is 173 Å². The third-order valence-electron chi connectivity index (χ3n) is 3.80. The number of rotatable bonds is 5. The summed E-state index contributed by atoms with van der Waals surface area (Å²) < 4.78 is 0. The van der Waals surface area contributed by atoms with Crippen LogP contribution in [0.25, 0.3) is 0 Å². The molecule has 246 valence electrons. The molecule has 0 fully saturated rings. The average molecular weight is 695 g/mol. The van der Waals surface area contributed by atoms with Crippen LogP contribution in [-0.4, -0.2) is 0 Å². The van der Waals surface area contributed by atoms with E-state index >= 15 is 0 Å². The molecule has 45 heavy (non-hydrogen) atoms. The Morgan fingerprint density at radius 2 is 0.667 bits per heavy atom. The van der Waals surface area contributed by atoms with Crippen molar-refractivity contribution < 1.29 is 173 Å². The molecule has 4 heteroatoms. The maximum atomic E-state index is 2.19. The van der Waals surface area contributed by atoms with E-state index in [1.54, 1.807) is 0 Å². The van der Waals surface area contributed by atoms with Crippen molar-refractivity contribution in [3.05, 3.63) is 97.5 Å². The van der Waals surface area contributed by atoms with Crippen molar-refractivity contribution in [3.63, 3.8) is 0 Å². The summed E-state index contributed by atoms with van der Waals surface area (Å²) in [5, 5.41) is 0. The van der Waals surface area contributed by atoms with Crippen LogP contribution >= 0.6 is 0 Å². The van der Waals surface area contributed by atoms with E-state index in [1.165, 1.54) is 43.2 Å². The van der Waals surface area contributed by atoms with Gasteiger partial charge in [-0.25, -0.2) is 0 Å². The number of aryl methyl sites for hydroxylation is 1. The van der Waals surface area contributed by atoms with E-state index in [2.05, 4.69) is 168 Å². The topological polar surface area (TPSA) is 0 Å². The molecule has 0 aromatic heterocycles. The first-order chi connectivity index (χ1) is 19.0. The molecule has 0 aliphatic rings. The van der Waals surface area contributed by atoms with E-state index < -0.39 is 0 Å². The Labute approximate surface area is 429 Å². The second-order valence-electron chi connectivity index (χ2n) is 12.8. The quantitative estimate of drug-likeness (QED) is 0.334. The summed E-state index contributed by atoms with van der Waals surface area (Å²) in [6, 6.07) is 20.5. The van der Waals surface area contributed by atoms with Crippen LogP contribution < -0.4 is 173 Å². The SMILES string of the molecule is CC(C)(C)C.CC(C)(C)C.CCCC.C[CH-]CC.C[CH-]CC.C[CH-]CC.C[CH-]c1ccccc1.Cc1ccccc1.[K+].[K+].[K+].[Li+]. The van der Waals surface area contributed by atoms with Crippen molar-refractivity contribution in [1.82, 2.24) is 0 Å². The number of benzene rings is 2. The first-order valence-corrected chi connectivity index (χ1v) is 16.2. The number of unbranched alkanes of at least 4 members (excludes halogenated alkanes) is 4. The molecule has 0 atom stereocenters. The van der Waals surface area contributed by atoms with Crippen molar-refractivity contribution in [2.45, 2.75) is 157 Å². The molecular weight excluding hydrogens is 617 g/mol. The van der Waals surface area contributed by atoms with Crippen molar-refractivity contribution in [2.75, 3.05) is 0 Å². The minimum absolute atomic E-state index is 0. The summed E-state index contributed by atoms with van der Waals surface area (Å²) in [7, 11) is 0. The summed E-state index contributed by atoms with van der Waals surface area (Å²) >= 11 is 0. The predicted octanol–water partition coefficient (Wildman–Crippen LogP) is 3.04. The zero-order valence-electron chi connectivity index (χ0n) is 35.6. The zero-order valence-corrected chi connectivity index (χ0v) is 45.0. The molecule has 0 saturated carbocycles. The second kappa shape index (κ2) is 62.9. The van der Waals surface area contributed by atoms with Crippen LogP contribution in [0.4, 0.5) is 0 Å². The van der Waals surface area contributed by atoms with Gasteiger partial charge in [-0.2, -0.15) is 64.2 Å². The molecule has 0 aliphatic heterocycles. The van der Waals surface area contributed by atoms with Crippen molar-refractivity contribution in [2.24, 2.45) is 10.8 Å². The Bertz CT molecular complexity index is 585. The molecule has 0 aliphatic carbocycles. The maximum absolute atomic E-state index is 2.19. The summed E-state index contributed by atoms with van der Waals surface area (Å²) in [6.07, 6.45) is 14.7. The molecule has 0 nitrogen and oxygen atoms in total.